The largest absolute Gasteiger partial charge is 0.496 e. The molecule has 1 saturated carbocycles. The van der Waals surface area contributed by atoms with Crippen LogP contribution < -0.4 is 10.1 Å². The van der Waals surface area contributed by atoms with Gasteiger partial charge in [-0.1, -0.05) is 31.5 Å². The Kier molecular flexibility index (Phi) is 6.52. The molecule has 0 saturated heterocycles. The number of nitrogens with zero attached hydrogens (tertiary/aromatic N) is 1. The van der Waals surface area contributed by atoms with Crippen molar-refractivity contribution in [2.24, 2.45) is 5.92 Å². The Morgan fingerprint density at radius 3 is 2.86 bits per heavy atom. The van der Waals surface area contributed by atoms with Gasteiger partial charge in [0.15, 0.2) is 0 Å². The Hall–Kier alpha value is -1.06. The molecule has 2 rings (SSSR count). The van der Waals surface area contributed by atoms with Crippen LogP contribution in [-0.4, -0.2) is 38.2 Å². The van der Waals surface area contributed by atoms with Gasteiger partial charge in [-0.3, -0.25) is 0 Å². The number of rotatable bonds is 8. The van der Waals surface area contributed by atoms with E-state index < -0.39 is 0 Å². The number of hydrogen-bond donors (Lipinski definition) is 1. The predicted octanol–water partition coefficient (Wildman–Crippen LogP) is 3.30. The highest BCUT2D eigenvalue weighted by Crippen LogP contribution is 2.28. The molecule has 3 nitrogen and oxygen atoms in total. The molecule has 1 aliphatic rings. The molecule has 0 bridgehead atoms. The molecule has 0 spiro atoms. The summed E-state index contributed by atoms with van der Waals surface area (Å²) in [6.45, 7) is 5.43. The first-order valence-electron chi connectivity index (χ1n) is 8.28. The molecule has 118 valence electrons. The van der Waals surface area contributed by atoms with Crippen molar-refractivity contribution >= 4 is 0 Å². The summed E-state index contributed by atoms with van der Waals surface area (Å²) in [6.07, 6.45) is 5.43. The highest BCUT2D eigenvalue weighted by Gasteiger charge is 2.26. The monoisotopic (exact) mass is 290 g/mol. The molecule has 3 heteroatoms. The minimum atomic E-state index is 0.745. The first-order valence-corrected chi connectivity index (χ1v) is 8.28. The molecule has 0 heterocycles. The van der Waals surface area contributed by atoms with Crippen LogP contribution in [0.15, 0.2) is 24.3 Å². The maximum Gasteiger partial charge on any atom is 0.123 e. The van der Waals surface area contributed by atoms with Gasteiger partial charge >= 0.3 is 0 Å². The van der Waals surface area contributed by atoms with Crippen molar-refractivity contribution in [1.82, 2.24) is 10.2 Å². The van der Waals surface area contributed by atoms with Gasteiger partial charge in [-0.15, -0.1) is 0 Å². The van der Waals surface area contributed by atoms with Gasteiger partial charge in [0.25, 0.3) is 0 Å². The van der Waals surface area contributed by atoms with Crippen LogP contribution in [0.2, 0.25) is 0 Å². The summed E-state index contributed by atoms with van der Waals surface area (Å²) in [6, 6.07) is 9.06. The highest BCUT2D eigenvalue weighted by atomic mass is 16.5. The van der Waals surface area contributed by atoms with Crippen molar-refractivity contribution < 1.29 is 4.74 Å². The summed E-state index contributed by atoms with van der Waals surface area (Å²) in [4.78, 5) is 2.42. The molecular weight excluding hydrogens is 260 g/mol. The maximum absolute atomic E-state index is 5.44. The zero-order valence-corrected chi connectivity index (χ0v) is 13.8. The third-order valence-electron chi connectivity index (χ3n) is 4.64. The lowest BCUT2D eigenvalue weighted by atomic mass is 9.99. The van der Waals surface area contributed by atoms with Crippen LogP contribution in [0.3, 0.4) is 0 Å². The van der Waals surface area contributed by atoms with Gasteiger partial charge in [0.05, 0.1) is 7.11 Å². The molecule has 1 aliphatic carbocycles. The summed E-state index contributed by atoms with van der Waals surface area (Å²) in [5, 5.41) is 3.65. The van der Waals surface area contributed by atoms with Crippen LogP contribution in [0.25, 0.3) is 0 Å². The SMILES string of the molecule is CCNC1CCCC1CCN(C)Cc1ccccc1OC. The predicted molar refractivity (Wildman–Crippen MR) is 88.8 cm³/mol. The van der Waals surface area contributed by atoms with E-state index in [1.807, 2.05) is 12.1 Å². The smallest absolute Gasteiger partial charge is 0.123 e. The summed E-state index contributed by atoms with van der Waals surface area (Å²) in [5.74, 6) is 1.85. The Morgan fingerprint density at radius 1 is 1.29 bits per heavy atom. The number of para-hydroxylation sites is 1. The summed E-state index contributed by atoms with van der Waals surface area (Å²) < 4.78 is 5.44. The van der Waals surface area contributed by atoms with E-state index in [4.69, 9.17) is 4.74 Å². The third kappa shape index (κ3) is 4.72. The fourth-order valence-electron chi connectivity index (χ4n) is 3.50. The minimum absolute atomic E-state index is 0.745. The first kappa shape index (κ1) is 16.3. The van der Waals surface area contributed by atoms with Gasteiger partial charge in [0, 0.05) is 18.2 Å². The van der Waals surface area contributed by atoms with Crippen molar-refractivity contribution in [2.45, 2.75) is 45.2 Å². The molecule has 0 aromatic heterocycles. The maximum atomic E-state index is 5.44. The number of methoxy groups -OCH3 is 1. The number of benzene rings is 1. The lowest BCUT2D eigenvalue weighted by Gasteiger charge is -2.24. The highest BCUT2D eigenvalue weighted by molar-refractivity contribution is 5.32. The first-order chi connectivity index (χ1) is 10.2. The van der Waals surface area contributed by atoms with E-state index in [9.17, 15) is 0 Å². The van der Waals surface area contributed by atoms with Crippen LogP contribution in [0, 0.1) is 5.92 Å². The van der Waals surface area contributed by atoms with E-state index in [2.05, 4.69) is 36.3 Å². The van der Waals surface area contributed by atoms with E-state index >= 15 is 0 Å². The van der Waals surface area contributed by atoms with Crippen molar-refractivity contribution in [2.75, 3.05) is 27.2 Å². The van der Waals surface area contributed by atoms with Crippen LogP contribution in [0.5, 0.6) is 5.75 Å². The number of ether oxygens (including phenoxy) is 1. The average Bonchev–Trinajstić information content (AvgIpc) is 2.93. The van der Waals surface area contributed by atoms with E-state index in [-0.39, 0.29) is 0 Å². The van der Waals surface area contributed by atoms with Gasteiger partial charge in [0.2, 0.25) is 0 Å². The Balaban J connectivity index is 1.80. The van der Waals surface area contributed by atoms with Gasteiger partial charge in [-0.2, -0.15) is 0 Å². The van der Waals surface area contributed by atoms with E-state index in [1.165, 1.54) is 31.2 Å². The molecule has 21 heavy (non-hydrogen) atoms. The zero-order valence-electron chi connectivity index (χ0n) is 13.8. The van der Waals surface area contributed by atoms with Crippen LogP contribution in [0.1, 0.15) is 38.2 Å². The standard InChI is InChI=1S/C18H30N2O/c1-4-19-17-10-7-9-15(17)12-13-20(2)14-16-8-5-6-11-18(16)21-3/h5-6,8,11,15,17,19H,4,7,9-10,12-14H2,1-3H3. The van der Waals surface area contributed by atoms with Crippen LogP contribution >= 0.6 is 0 Å². The zero-order chi connectivity index (χ0) is 15.1. The summed E-state index contributed by atoms with van der Waals surface area (Å²) >= 11 is 0. The molecule has 0 amide bonds. The number of hydrogen-bond acceptors (Lipinski definition) is 3. The fourth-order valence-corrected chi connectivity index (χ4v) is 3.50. The summed E-state index contributed by atoms with van der Waals surface area (Å²) in [5.41, 5.74) is 1.28. The molecule has 0 aliphatic heterocycles. The second-order valence-electron chi connectivity index (χ2n) is 6.19. The molecule has 1 N–H and O–H groups in total. The lowest BCUT2D eigenvalue weighted by molar-refractivity contribution is 0.272. The van der Waals surface area contributed by atoms with E-state index in [0.717, 1.165) is 37.3 Å². The summed E-state index contributed by atoms with van der Waals surface area (Å²) in [7, 11) is 3.96. The van der Waals surface area contributed by atoms with Crippen molar-refractivity contribution in [1.29, 1.82) is 0 Å². The molecule has 1 aromatic carbocycles. The van der Waals surface area contributed by atoms with Gasteiger partial charge < -0.3 is 15.0 Å². The van der Waals surface area contributed by atoms with Gasteiger partial charge in [-0.25, -0.2) is 0 Å². The van der Waals surface area contributed by atoms with Gasteiger partial charge in [0.1, 0.15) is 5.75 Å². The molecule has 1 aromatic rings. The molecule has 2 atom stereocenters. The second kappa shape index (κ2) is 8.40. The molecular formula is C18H30N2O. The van der Waals surface area contributed by atoms with Gasteiger partial charge in [-0.05, 0) is 51.4 Å². The second-order valence-corrected chi connectivity index (χ2v) is 6.19. The Bertz CT molecular complexity index is 421. The Morgan fingerprint density at radius 2 is 2.10 bits per heavy atom. The van der Waals surface area contributed by atoms with Crippen molar-refractivity contribution in [3.8, 4) is 5.75 Å². The van der Waals surface area contributed by atoms with Crippen LogP contribution in [-0.2, 0) is 6.54 Å². The third-order valence-corrected chi connectivity index (χ3v) is 4.64. The molecule has 2 unspecified atom stereocenters. The fraction of sp³-hybridized carbons (Fsp3) is 0.667. The average molecular weight is 290 g/mol. The molecule has 0 radical (unpaired) electrons. The quantitative estimate of drug-likeness (QED) is 0.795. The number of nitrogens with one attached hydrogen (secondary N) is 1. The molecule has 1 fully saturated rings. The van der Waals surface area contributed by atoms with Crippen molar-refractivity contribution in [3.05, 3.63) is 29.8 Å². The van der Waals surface area contributed by atoms with Crippen LogP contribution in [0.4, 0.5) is 0 Å². The lowest BCUT2D eigenvalue weighted by Crippen LogP contribution is -2.34. The Labute approximate surface area is 129 Å². The minimum Gasteiger partial charge on any atom is -0.496 e. The van der Waals surface area contributed by atoms with Crippen molar-refractivity contribution in [3.63, 3.8) is 0 Å². The topological polar surface area (TPSA) is 24.5 Å². The van der Waals surface area contributed by atoms with E-state index in [1.54, 1.807) is 7.11 Å². The normalized spacial score (nSPS) is 21.9. The van der Waals surface area contributed by atoms with E-state index in [0.29, 0.717) is 0 Å².